The highest BCUT2D eigenvalue weighted by atomic mass is 16.8. The van der Waals surface area contributed by atoms with E-state index in [1.54, 1.807) is 6.08 Å². The highest BCUT2D eigenvalue weighted by Crippen LogP contribution is 2.34. The SMILES string of the molecule is CCCCCCCCCCCCCCCCCCCCCCCCCCCCC/C=C/C(O)C(COC1OC(CO)C(OC2OC(CO)C(OC3OC(CO)C(O)C(O)C3O)C(O)C2O)C(O)C1O)NC(=O)CCCCCCCCCCCCCCCCCCCCCCCCCCCCCCCC. The van der Waals surface area contributed by atoms with Gasteiger partial charge >= 0.3 is 0 Å². The molecule has 0 aliphatic carbocycles. The number of carbonyl (C=O) groups excluding carboxylic acids is 1. The Morgan fingerprint density at radius 2 is 0.596 bits per heavy atom. The van der Waals surface area contributed by atoms with Crippen LogP contribution in [0.25, 0.3) is 0 Å². The van der Waals surface area contributed by atoms with Crippen LogP contribution in [-0.4, -0.2) is 193 Å². The number of nitrogens with one attached hydrogen (secondary N) is 1. The van der Waals surface area contributed by atoms with Crippen LogP contribution in [0, 0.1) is 0 Å². The van der Waals surface area contributed by atoms with Crippen LogP contribution in [-0.2, 0) is 33.2 Å². The fraction of sp³-hybridized carbons (Fsp3) is 0.965. The zero-order valence-electron chi connectivity index (χ0n) is 66.3. The second-order valence-corrected chi connectivity index (χ2v) is 31.7. The van der Waals surface area contributed by atoms with Crippen LogP contribution in [0.4, 0.5) is 0 Å². The Hall–Kier alpha value is -1.47. The molecule has 616 valence electrons. The summed E-state index contributed by atoms with van der Waals surface area (Å²) in [7, 11) is 0. The number of hydrogen-bond donors (Lipinski definition) is 12. The zero-order valence-corrected chi connectivity index (χ0v) is 66.3. The van der Waals surface area contributed by atoms with E-state index in [0.717, 1.165) is 44.9 Å². The average molecular weight is 1490 g/mol. The van der Waals surface area contributed by atoms with Crippen molar-refractivity contribution in [2.75, 3.05) is 26.4 Å². The molecule has 19 heteroatoms. The molecule has 0 aromatic carbocycles. The third-order valence-electron chi connectivity index (χ3n) is 22.3. The Kier molecular flexibility index (Phi) is 61.5. The lowest BCUT2D eigenvalue weighted by molar-refractivity contribution is -0.379. The van der Waals surface area contributed by atoms with Crippen molar-refractivity contribution >= 4 is 5.91 Å². The van der Waals surface area contributed by atoms with Gasteiger partial charge in [0.05, 0.1) is 38.6 Å². The summed E-state index contributed by atoms with van der Waals surface area (Å²) in [5.74, 6) is -0.265. The van der Waals surface area contributed by atoms with E-state index in [9.17, 15) is 61.0 Å². The lowest BCUT2D eigenvalue weighted by Crippen LogP contribution is -2.66. The number of hydrogen-bond acceptors (Lipinski definition) is 18. The minimum Gasteiger partial charge on any atom is -0.394 e. The highest BCUT2D eigenvalue weighted by molar-refractivity contribution is 5.76. The van der Waals surface area contributed by atoms with Gasteiger partial charge in [-0.3, -0.25) is 4.79 Å². The molecule has 3 rings (SSSR count). The summed E-state index contributed by atoms with van der Waals surface area (Å²) < 4.78 is 34.5. The first kappa shape index (κ1) is 96.7. The maximum absolute atomic E-state index is 13.5. The minimum atomic E-state index is -1.98. The van der Waals surface area contributed by atoms with Gasteiger partial charge in [0.15, 0.2) is 18.9 Å². The van der Waals surface area contributed by atoms with Crippen molar-refractivity contribution in [2.24, 2.45) is 0 Å². The Bertz CT molecular complexity index is 1920. The van der Waals surface area contributed by atoms with Gasteiger partial charge in [-0.15, -0.1) is 0 Å². The number of amides is 1. The van der Waals surface area contributed by atoms with Gasteiger partial charge in [0.2, 0.25) is 5.91 Å². The summed E-state index contributed by atoms with van der Waals surface area (Å²) in [4.78, 5) is 13.5. The predicted molar refractivity (Wildman–Crippen MR) is 416 cm³/mol. The quantitative estimate of drug-likeness (QED) is 0.0199. The molecule has 1 amide bonds. The van der Waals surface area contributed by atoms with Crippen LogP contribution in [0.2, 0.25) is 0 Å². The first-order valence-corrected chi connectivity index (χ1v) is 43.9. The maximum atomic E-state index is 13.5. The van der Waals surface area contributed by atoms with Crippen LogP contribution in [0.5, 0.6) is 0 Å². The van der Waals surface area contributed by atoms with Crippen LogP contribution in [0.3, 0.4) is 0 Å². The van der Waals surface area contributed by atoms with Gasteiger partial charge in [-0.1, -0.05) is 379 Å². The largest absolute Gasteiger partial charge is 0.394 e. The summed E-state index contributed by atoms with van der Waals surface area (Å²) in [6.45, 7) is 1.82. The van der Waals surface area contributed by atoms with Crippen molar-refractivity contribution in [3.05, 3.63) is 12.2 Å². The van der Waals surface area contributed by atoms with Gasteiger partial charge < -0.3 is 89.9 Å². The number of ether oxygens (including phenoxy) is 6. The van der Waals surface area contributed by atoms with E-state index in [-0.39, 0.29) is 18.9 Å². The first-order chi connectivity index (χ1) is 50.8. The molecule has 0 aromatic heterocycles. The molecular weight excluding hydrogens is 1320 g/mol. The molecule has 3 heterocycles. The molecule has 3 aliphatic heterocycles. The summed E-state index contributed by atoms with van der Waals surface area (Å²) in [6, 6.07) is -0.971. The molecule has 3 saturated heterocycles. The van der Waals surface area contributed by atoms with E-state index in [0.29, 0.717) is 6.42 Å². The van der Waals surface area contributed by atoms with E-state index < -0.39 is 124 Å². The zero-order chi connectivity index (χ0) is 75.3. The molecule has 3 aliphatic rings. The fourth-order valence-corrected chi connectivity index (χ4v) is 15.3. The predicted octanol–water partition coefficient (Wildman–Crippen LogP) is 15.9. The lowest BCUT2D eigenvalue weighted by Gasteiger charge is -2.48. The molecule has 12 N–H and O–H groups in total. The summed E-state index contributed by atoms with van der Waals surface area (Å²) in [5, 5.41) is 121. The van der Waals surface area contributed by atoms with Crippen molar-refractivity contribution in [3.63, 3.8) is 0 Å². The Balaban J connectivity index is 1.34. The smallest absolute Gasteiger partial charge is 0.220 e. The van der Waals surface area contributed by atoms with Gasteiger partial charge in [0.1, 0.15) is 73.2 Å². The molecule has 0 spiro atoms. The van der Waals surface area contributed by atoms with Crippen LogP contribution in [0.1, 0.15) is 393 Å². The molecule has 19 nitrogen and oxygen atoms in total. The number of aliphatic hydroxyl groups is 11. The number of unbranched alkanes of at least 4 members (excludes halogenated alkanes) is 56. The number of allylic oxidation sites excluding steroid dienone is 1. The number of aliphatic hydroxyl groups excluding tert-OH is 11. The minimum absolute atomic E-state index is 0.250. The maximum Gasteiger partial charge on any atom is 0.220 e. The molecule has 0 bridgehead atoms. The summed E-state index contributed by atoms with van der Waals surface area (Å²) in [6.07, 6.45) is 53.6. The molecule has 0 aromatic rings. The summed E-state index contributed by atoms with van der Waals surface area (Å²) in [5.41, 5.74) is 0. The molecule has 104 heavy (non-hydrogen) atoms. The van der Waals surface area contributed by atoms with E-state index in [1.807, 2.05) is 6.08 Å². The van der Waals surface area contributed by atoms with Crippen LogP contribution >= 0.6 is 0 Å². The molecular formula is C85H163NO18. The third kappa shape index (κ3) is 45.1. The first-order valence-electron chi connectivity index (χ1n) is 43.9. The van der Waals surface area contributed by atoms with Crippen LogP contribution in [0.15, 0.2) is 12.2 Å². The van der Waals surface area contributed by atoms with Crippen molar-refractivity contribution in [3.8, 4) is 0 Å². The highest BCUT2D eigenvalue weighted by Gasteiger charge is 2.54. The third-order valence-corrected chi connectivity index (χ3v) is 22.3. The van der Waals surface area contributed by atoms with Crippen molar-refractivity contribution in [1.29, 1.82) is 0 Å². The second-order valence-electron chi connectivity index (χ2n) is 31.7. The molecule has 3 fully saturated rings. The van der Waals surface area contributed by atoms with Gasteiger partial charge in [0, 0.05) is 6.42 Å². The topological polar surface area (TPSA) is 307 Å². The van der Waals surface area contributed by atoms with Crippen molar-refractivity contribution in [2.45, 2.75) is 497 Å². The normalized spacial score (nSPS) is 25.9. The van der Waals surface area contributed by atoms with E-state index in [1.165, 1.54) is 321 Å². The Morgan fingerprint density at radius 3 is 0.904 bits per heavy atom. The van der Waals surface area contributed by atoms with Crippen molar-refractivity contribution in [1.82, 2.24) is 5.32 Å². The Labute approximate surface area is 633 Å². The summed E-state index contributed by atoms with van der Waals surface area (Å²) >= 11 is 0. The van der Waals surface area contributed by atoms with Gasteiger partial charge in [0.25, 0.3) is 0 Å². The molecule has 0 radical (unpaired) electrons. The monoisotopic (exact) mass is 1490 g/mol. The average Bonchev–Trinajstić information content (AvgIpc) is 0.772. The number of carbonyl (C=O) groups is 1. The van der Waals surface area contributed by atoms with Gasteiger partial charge in [-0.05, 0) is 19.3 Å². The molecule has 17 unspecified atom stereocenters. The van der Waals surface area contributed by atoms with Crippen LogP contribution < -0.4 is 5.32 Å². The lowest BCUT2D eigenvalue weighted by atomic mass is 9.96. The molecule has 17 atom stereocenters. The standard InChI is InChI=1S/C85H163NO18/c1-3-5-7-9-11-13-15-17-19-21-23-25-27-29-31-33-35-37-39-41-43-45-47-49-51-53-55-57-59-61-63-73(91)86-68(69(90)62-60-58-56-54-52-50-48-46-44-42-40-38-36-34-32-30-28-26-24-22-20-18-16-14-12-10-8-6-4-2)67-99-83-79(97)76(94)81(71(65-88)101-83)104-85-80(98)77(95)82(72(66-89)102-85)103-84-78(96)75(93)74(92)70(64-87)100-84/h60,62,68-72,74-85,87-90,92-98H,3-59,61,63-67H2,1-2H3,(H,86,91)/b62-60+. The Morgan fingerprint density at radius 1 is 0.337 bits per heavy atom. The fourth-order valence-electron chi connectivity index (χ4n) is 15.3. The second kappa shape index (κ2) is 66.2. The molecule has 0 saturated carbocycles. The van der Waals surface area contributed by atoms with E-state index in [2.05, 4.69) is 19.2 Å². The van der Waals surface area contributed by atoms with E-state index >= 15 is 0 Å². The van der Waals surface area contributed by atoms with E-state index in [4.69, 9.17) is 28.4 Å². The van der Waals surface area contributed by atoms with Gasteiger partial charge in [-0.25, -0.2) is 0 Å². The van der Waals surface area contributed by atoms with Crippen molar-refractivity contribution < 1.29 is 89.4 Å². The number of rotatable bonds is 72. The van der Waals surface area contributed by atoms with Gasteiger partial charge in [-0.2, -0.15) is 0 Å².